The number of hydrogen-bond acceptors (Lipinski definition) is 7. The molecule has 35 heavy (non-hydrogen) atoms. The summed E-state index contributed by atoms with van der Waals surface area (Å²) >= 11 is 1.71. The van der Waals surface area contributed by atoms with Crippen LogP contribution in [0.15, 0.2) is 17.0 Å². The van der Waals surface area contributed by atoms with Gasteiger partial charge in [0.25, 0.3) is 0 Å². The van der Waals surface area contributed by atoms with Crippen molar-refractivity contribution in [2.24, 2.45) is 5.92 Å². The number of piperazine rings is 1. The van der Waals surface area contributed by atoms with Crippen LogP contribution in [0.2, 0.25) is 0 Å². The number of carbonyl (C=O) groups is 1. The van der Waals surface area contributed by atoms with Crippen LogP contribution in [0.25, 0.3) is 0 Å². The molecule has 1 saturated carbocycles. The number of carbonyl (C=O) groups excluding carboxylic acids is 1. The van der Waals surface area contributed by atoms with Gasteiger partial charge in [0, 0.05) is 57.3 Å². The maximum atomic E-state index is 12.8. The number of ether oxygens (including phenoxy) is 2. The molecule has 1 aromatic rings. The van der Waals surface area contributed by atoms with Crippen LogP contribution < -0.4 is 4.74 Å². The third-order valence-corrected chi connectivity index (χ3v) is 8.82. The minimum absolute atomic E-state index is 0.104. The van der Waals surface area contributed by atoms with Crippen LogP contribution in [0.5, 0.6) is 5.75 Å². The molecule has 3 rings (SSSR count). The number of aryl methyl sites for hydroxylation is 2. The Morgan fingerprint density at radius 1 is 1.11 bits per heavy atom. The lowest BCUT2D eigenvalue weighted by Crippen LogP contribution is -2.48. The van der Waals surface area contributed by atoms with Gasteiger partial charge in [-0.1, -0.05) is 6.42 Å². The summed E-state index contributed by atoms with van der Waals surface area (Å²) in [4.78, 5) is 21.0. The second-order valence-corrected chi connectivity index (χ2v) is 11.6. The van der Waals surface area contributed by atoms with Crippen LogP contribution in [-0.2, 0) is 9.53 Å². The maximum Gasteiger partial charge on any atom is 0.248 e. The first kappa shape index (κ1) is 28.3. The molecule has 7 nitrogen and oxygen atoms in total. The minimum atomic E-state index is 0.104. The molecule has 0 N–H and O–H groups in total. The van der Waals surface area contributed by atoms with Crippen molar-refractivity contribution >= 4 is 17.9 Å². The SMILES string of the molecule is COc1cc(C)c(SN(C)CCOCC(=O)N(C)C2CCC[C@H](CN3CCN(C)CC3)C2)c(C)c1. The Balaban J connectivity index is 1.36. The molecule has 2 aliphatic rings. The summed E-state index contributed by atoms with van der Waals surface area (Å²) < 4.78 is 13.3. The zero-order valence-electron chi connectivity index (χ0n) is 22.7. The smallest absolute Gasteiger partial charge is 0.248 e. The second kappa shape index (κ2) is 13.8. The van der Waals surface area contributed by atoms with Crippen molar-refractivity contribution in [1.82, 2.24) is 19.0 Å². The molecule has 0 radical (unpaired) electrons. The van der Waals surface area contributed by atoms with Gasteiger partial charge in [0.2, 0.25) is 5.91 Å². The van der Waals surface area contributed by atoms with Crippen molar-refractivity contribution in [3.63, 3.8) is 0 Å². The minimum Gasteiger partial charge on any atom is -0.497 e. The normalized spacial score (nSPS) is 21.9. The van der Waals surface area contributed by atoms with Crippen molar-refractivity contribution in [3.8, 4) is 5.75 Å². The summed E-state index contributed by atoms with van der Waals surface area (Å²) in [6, 6.07) is 4.47. The number of rotatable bonds is 11. The van der Waals surface area contributed by atoms with Crippen LogP contribution in [0.3, 0.4) is 0 Å². The summed E-state index contributed by atoms with van der Waals surface area (Å²) in [5.41, 5.74) is 2.41. The Morgan fingerprint density at radius 3 is 2.46 bits per heavy atom. The van der Waals surface area contributed by atoms with E-state index >= 15 is 0 Å². The topological polar surface area (TPSA) is 48.5 Å². The van der Waals surface area contributed by atoms with Crippen LogP contribution in [-0.4, -0.2) is 112 Å². The van der Waals surface area contributed by atoms with E-state index in [4.69, 9.17) is 9.47 Å². The third-order valence-electron chi connectivity index (χ3n) is 7.50. The van der Waals surface area contributed by atoms with Gasteiger partial charge in [-0.15, -0.1) is 0 Å². The van der Waals surface area contributed by atoms with E-state index in [1.54, 1.807) is 19.1 Å². The average molecular weight is 507 g/mol. The van der Waals surface area contributed by atoms with Crippen LogP contribution in [0, 0.1) is 19.8 Å². The van der Waals surface area contributed by atoms with E-state index in [0.29, 0.717) is 18.6 Å². The second-order valence-electron chi connectivity index (χ2n) is 10.4. The summed E-state index contributed by atoms with van der Waals surface area (Å²) in [6.45, 7) is 11.5. The van der Waals surface area contributed by atoms with E-state index in [-0.39, 0.29) is 12.5 Å². The van der Waals surface area contributed by atoms with Gasteiger partial charge >= 0.3 is 0 Å². The molecule has 0 spiro atoms. The molecule has 2 fully saturated rings. The van der Waals surface area contributed by atoms with Gasteiger partial charge < -0.3 is 24.2 Å². The molecule has 1 aliphatic carbocycles. The monoisotopic (exact) mass is 506 g/mol. The van der Waals surface area contributed by atoms with Gasteiger partial charge in [0.1, 0.15) is 12.4 Å². The van der Waals surface area contributed by atoms with Gasteiger partial charge in [-0.25, -0.2) is 4.31 Å². The highest BCUT2D eigenvalue weighted by Crippen LogP contribution is 2.32. The van der Waals surface area contributed by atoms with Crippen molar-refractivity contribution in [3.05, 3.63) is 23.3 Å². The third kappa shape index (κ3) is 8.64. The lowest BCUT2D eigenvalue weighted by atomic mass is 9.84. The number of likely N-dealkylation sites (N-methyl/N-ethyl adjacent to an activating group) is 3. The summed E-state index contributed by atoms with van der Waals surface area (Å²) in [5.74, 6) is 1.69. The number of nitrogens with zero attached hydrogens (tertiary/aromatic N) is 4. The number of hydrogen-bond donors (Lipinski definition) is 0. The number of amides is 1. The molecular weight excluding hydrogens is 460 g/mol. The lowest BCUT2D eigenvalue weighted by molar-refractivity contribution is -0.137. The Hall–Kier alpha value is -1.32. The first-order valence-electron chi connectivity index (χ1n) is 13.1. The summed E-state index contributed by atoms with van der Waals surface area (Å²) in [6.07, 6.45) is 4.74. The van der Waals surface area contributed by atoms with E-state index in [0.717, 1.165) is 25.1 Å². The van der Waals surface area contributed by atoms with Crippen LogP contribution >= 0.6 is 11.9 Å². The molecule has 1 aliphatic heterocycles. The standard InChI is InChI=1S/C27H46N4O3S/c1-21-16-25(33-6)17-22(2)27(21)35-29(4)14-15-34-20-26(32)30(5)24-9-7-8-23(18-24)19-31-12-10-28(3)11-13-31/h16-17,23-24H,7-15,18-20H2,1-6H3/t23-,24?/m0/s1. The highest BCUT2D eigenvalue weighted by atomic mass is 32.2. The van der Waals surface area contributed by atoms with E-state index in [2.05, 4.69) is 54.2 Å². The Kier molecular flexibility index (Phi) is 11.2. The zero-order valence-corrected chi connectivity index (χ0v) is 23.5. The quantitative estimate of drug-likeness (QED) is 0.336. The fourth-order valence-corrected chi connectivity index (χ4v) is 6.09. The fraction of sp³-hybridized carbons (Fsp3) is 0.741. The van der Waals surface area contributed by atoms with Gasteiger partial charge in [-0.05, 0) is 88.3 Å². The van der Waals surface area contributed by atoms with Crippen molar-refractivity contribution in [1.29, 1.82) is 0 Å². The van der Waals surface area contributed by atoms with E-state index in [1.807, 2.05) is 11.9 Å². The Morgan fingerprint density at radius 2 is 1.80 bits per heavy atom. The number of benzene rings is 1. The molecule has 1 amide bonds. The first-order chi connectivity index (χ1) is 16.8. The summed E-state index contributed by atoms with van der Waals surface area (Å²) in [5, 5.41) is 0. The van der Waals surface area contributed by atoms with E-state index in [1.165, 1.54) is 61.6 Å². The lowest BCUT2D eigenvalue weighted by Gasteiger charge is -2.39. The molecule has 1 saturated heterocycles. The van der Waals surface area contributed by atoms with Crippen LogP contribution in [0.4, 0.5) is 0 Å². The molecule has 0 bridgehead atoms. The Labute approximate surface area is 217 Å². The highest BCUT2D eigenvalue weighted by molar-refractivity contribution is 7.97. The zero-order chi connectivity index (χ0) is 25.4. The van der Waals surface area contributed by atoms with Crippen molar-refractivity contribution < 1.29 is 14.3 Å². The van der Waals surface area contributed by atoms with Gasteiger partial charge in [-0.2, -0.15) is 0 Å². The van der Waals surface area contributed by atoms with E-state index in [9.17, 15) is 4.79 Å². The molecule has 1 heterocycles. The molecule has 1 aromatic carbocycles. The first-order valence-corrected chi connectivity index (χ1v) is 13.8. The van der Waals surface area contributed by atoms with Crippen LogP contribution in [0.1, 0.15) is 36.8 Å². The average Bonchev–Trinajstić information content (AvgIpc) is 2.85. The number of methoxy groups -OCH3 is 1. The molecule has 2 atom stereocenters. The molecule has 198 valence electrons. The Bertz CT molecular complexity index is 793. The molecule has 0 aromatic heterocycles. The van der Waals surface area contributed by atoms with Crippen molar-refractivity contribution in [2.45, 2.75) is 50.5 Å². The van der Waals surface area contributed by atoms with Gasteiger partial charge in [0.15, 0.2) is 0 Å². The maximum absolute atomic E-state index is 12.8. The largest absolute Gasteiger partial charge is 0.497 e. The molecular formula is C27H46N4O3S. The molecule has 1 unspecified atom stereocenters. The highest BCUT2D eigenvalue weighted by Gasteiger charge is 2.29. The summed E-state index contributed by atoms with van der Waals surface area (Å²) in [7, 11) is 7.93. The van der Waals surface area contributed by atoms with Gasteiger partial charge in [0.05, 0.1) is 13.7 Å². The van der Waals surface area contributed by atoms with E-state index < -0.39 is 0 Å². The predicted molar refractivity (Wildman–Crippen MR) is 144 cm³/mol. The fourth-order valence-electron chi connectivity index (χ4n) is 5.21. The molecule has 8 heteroatoms. The van der Waals surface area contributed by atoms with Crippen molar-refractivity contribution in [2.75, 3.05) is 80.7 Å². The van der Waals surface area contributed by atoms with Gasteiger partial charge in [-0.3, -0.25) is 4.79 Å². The predicted octanol–water partition coefficient (Wildman–Crippen LogP) is 3.53.